The smallest absolute Gasteiger partial charge is 0.297 e. The molecule has 8 heteroatoms. The maximum atomic E-state index is 13.9. The van der Waals surface area contributed by atoms with E-state index >= 15 is 0 Å². The molecular formula is C13H16FN5O2. The number of aromatic nitrogens is 3. The summed E-state index contributed by atoms with van der Waals surface area (Å²) in [5.74, 6) is -0.718. The normalized spacial score (nSPS) is 11.6. The van der Waals surface area contributed by atoms with Gasteiger partial charge >= 0.3 is 0 Å². The molecule has 0 fully saturated rings. The Hall–Kier alpha value is -2.35. The van der Waals surface area contributed by atoms with Gasteiger partial charge in [-0.3, -0.25) is 10.1 Å². The molecule has 0 saturated heterocycles. The van der Waals surface area contributed by atoms with Gasteiger partial charge in [-0.1, -0.05) is 11.3 Å². The van der Waals surface area contributed by atoms with Gasteiger partial charge in [-0.25, -0.2) is 9.07 Å². The number of nitro groups is 1. The second kappa shape index (κ2) is 5.57. The van der Waals surface area contributed by atoms with Gasteiger partial charge in [0.05, 0.1) is 16.8 Å². The minimum Gasteiger partial charge on any atom is -0.306 e. The van der Waals surface area contributed by atoms with Crippen LogP contribution in [0.4, 0.5) is 10.1 Å². The van der Waals surface area contributed by atoms with Crippen molar-refractivity contribution < 1.29 is 9.31 Å². The van der Waals surface area contributed by atoms with Gasteiger partial charge in [-0.05, 0) is 26.8 Å². The van der Waals surface area contributed by atoms with Gasteiger partial charge in [-0.2, -0.15) is 0 Å². The predicted octanol–water partition coefficient (Wildman–Crippen LogP) is 2.20. The molecule has 112 valence electrons. The second-order valence-corrected chi connectivity index (χ2v) is 5.62. The minimum atomic E-state index is -0.718. The lowest BCUT2D eigenvalue weighted by molar-refractivity contribution is -0.384. The Labute approximate surface area is 120 Å². The highest BCUT2D eigenvalue weighted by molar-refractivity contribution is 5.52. The lowest BCUT2D eigenvalue weighted by Crippen LogP contribution is -2.35. The van der Waals surface area contributed by atoms with Gasteiger partial charge in [0.1, 0.15) is 0 Å². The highest BCUT2D eigenvalue weighted by Crippen LogP contribution is 2.24. The molecule has 0 saturated carbocycles. The quantitative estimate of drug-likeness (QED) is 0.690. The van der Waals surface area contributed by atoms with E-state index < -0.39 is 10.7 Å². The van der Waals surface area contributed by atoms with Crippen LogP contribution in [0.25, 0.3) is 5.69 Å². The van der Waals surface area contributed by atoms with E-state index in [0.29, 0.717) is 12.2 Å². The molecule has 0 atom stereocenters. The Kier molecular flexibility index (Phi) is 3.99. The summed E-state index contributed by atoms with van der Waals surface area (Å²) < 4.78 is 15.0. The van der Waals surface area contributed by atoms with Crippen molar-refractivity contribution >= 4 is 5.69 Å². The van der Waals surface area contributed by atoms with Crippen molar-refractivity contribution in [2.75, 3.05) is 0 Å². The first-order chi connectivity index (χ1) is 9.78. The zero-order chi connectivity index (χ0) is 15.6. The van der Waals surface area contributed by atoms with Crippen LogP contribution in [0.3, 0.4) is 0 Å². The van der Waals surface area contributed by atoms with Crippen LogP contribution in [0.1, 0.15) is 26.5 Å². The van der Waals surface area contributed by atoms with E-state index in [1.54, 1.807) is 0 Å². The molecule has 0 aliphatic carbocycles. The Morgan fingerprint density at radius 2 is 2.14 bits per heavy atom. The first-order valence-electron chi connectivity index (χ1n) is 6.37. The van der Waals surface area contributed by atoms with Crippen molar-refractivity contribution in [3.8, 4) is 5.69 Å². The van der Waals surface area contributed by atoms with Crippen molar-refractivity contribution in [2.45, 2.75) is 32.9 Å². The lowest BCUT2D eigenvalue weighted by atomic mass is 10.1. The Balaban J connectivity index is 2.32. The van der Waals surface area contributed by atoms with Crippen LogP contribution >= 0.6 is 0 Å². The van der Waals surface area contributed by atoms with Crippen LogP contribution in [0.15, 0.2) is 24.4 Å². The number of benzene rings is 1. The molecule has 0 aliphatic rings. The molecule has 0 amide bonds. The van der Waals surface area contributed by atoms with Crippen molar-refractivity contribution in [2.24, 2.45) is 0 Å². The van der Waals surface area contributed by atoms with E-state index in [2.05, 4.69) is 15.6 Å². The Morgan fingerprint density at radius 3 is 2.76 bits per heavy atom. The van der Waals surface area contributed by atoms with Crippen LogP contribution < -0.4 is 5.32 Å². The number of hydrogen-bond acceptors (Lipinski definition) is 5. The fraction of sp³-hybridized carbons (Fsp3) is 0.385. The van der Waals surface area contributed by atoms with Gasteiger partial charge in [0.15, 0.2) is 11.5 Å². The number of halogens is 1. The zero-order valence-electron chi connectivity index (χ0n) is 12.0. The molecule has 0 spiro atoms. The zero-order valence-corrected chi connectivity index (χ0v) is 12.0. The fourth-order valence-electron chi connectivity index (χ4n) is 1.72. The molecular weight excluding hydrogens is 277 g/mol. The van der Waals surface area contributed by atoms with Crippen molar-refractivity contribution in [1.82, 2.24) is 20.3 Å². The molecule has 2 rings (SSSR count). The third-order valence-electron chi connectivity index (χ3n) is 2.73. The summed E-state index contributed by atoms with van der Waals surface area (Å²) in [5, 5.41) is 21.9. The van der Waals surface area contributed by atoms with E-state index in [9.17, 15) is 14.5 Å². The number of nitrogens with zero attached hydrogens (tertiary/aromatic N) is 4. The summed E-state index contributed by atoms with van der Waals surface area (Å²) in [6, 6.07) is 3.67. The third-order valence-corrected chi connectivity index (χ3v) is 2.73. The molecule has 1 N–H and O–H groups in total. The molecule has 0 aliphatic heterocycles. The summed E-state index contributed by atoms with van der Waals surface area (Å²) >= 11 is 0. The van der Waals surface area contributed by atoms with Crippen molar-refractivity contribution in [3.05, 3.63) is 46.0 Å². The lowest BCUT2D eigenvalue weighted by Gasteiger charge is -2.19. The third kappa shape index (κ3) is 3.60. The number of hydrogen-bond donors (Lipinski definition) is 1. The molecule has 0 bridgehead atoms. The maximum absolute atomic E-state index is 13.9. The molecule has 0 unspecified atom stereocenters. The van der Waals surface area contributed by atoms with Gasteiger partial charge in [0.25, 0.3) is 5.69 Å². The van der Waals surface area contributed by atoms with E-state index in [0.717, 1.165) is 10.7 Å². The minimum absolute atomic E-state index is 0.103. The van der Waals surface area contributed by atoms with Crippen LogP contribution in [0.2, 0.25) is 0 Å². The largest absolute Gasteiger partial charge is 0.306 e. The summed E-state index contributed by atoms with van der Waals surface area (Å²) in [4.78, 5) is 10.3. The van der Waals surface area contributed by atoms with Crippen molar-refractivity contribution in [1.29, 1.82) is 0 Å². The molecule has 1 aromatic heterocycles. The van der Waals surface area contributed by atoms with Gasteiger partial charge in [0, 0.05) is 18.2 Å². The first kappa shape index (κ1) is 15.0. The van der Waals surface area contributed by atoms with Gasteiger partial charge in [0.2, 0.25) is 0 Å². The molecule has 0 radical (unpaired) electrons. The van der Waals surface area contributed by atoms with Crippen molar-refractivity contribution in [3.63, 3.8) is 0 Å². The van der Waals surface area contributed by atoms with Crippen LogP contribution in [0.5, 0.6) is 0 Å². The summed E-state index contributed by atoms with van der Waals surface area (Å²) in [5.41, 5.74) is -0.0944. The van der Waals surface area contributed by atoms with E-state index in [-0.39, 0.29) is 16.9 Å². The molecule has 1 aromatic carbocycles. The fourth-order valence-corrected chi connectivity index (χ4v) is 1.72. The van der Waals surface area contributed by atoms with Gasteiger partial charge < -0.3 is 5.32 Å². The number of nitro benzene ring substituents is 1. The highest BCUT2D eigenvalue weighted by atomic mass is 19.1. The topological polar surface area (TPSA) is 85.9 Å². The monoisotopic (exact) mass is 293 g/mol. The van der Waals surface area contributed by atoms with Crippen LogP contribution in [0, 0.1) is 15.9 Å². The molecule has 21 heavy (non-hydrogen) atoms. The predicted molar refractivity (Wildman–Crippen MR) is 74.6 cm³/mol. The first-order valence-corrected chi connectivity index (χ1v) is 6.37. The average Bonchev–Trinajstić information content (AvgIpc) is 2.83. The van der Waals surface area contributed by atoms with Crippen LogP contribution in [-0.2, 0) is 6.54 Å². The number of rotatable bonds is 4. The van der Waals surface area contributed by atoms with E-state index in [1.807, 2.05) is 20.8 Å². The Morgan fingerprint density at radius 1 is 1.43 bits per heavy atom. The number of nitrogens with one attached hydrogen (secondary N) is 1. The highest BCUT2D eigenvalue weighted by Gasteiger charge is 2.21. The summed E-state index contributed by atoms with van der Waals surface area (Å²) in [6.45, 7) is 6.43. The summed E-state index contributed by atoms with van der Waals surface area (Å²) in [6.07, 6.45) is 1.48. The number of para-hydroxylation sites is 1. The van der Waals surface area contributed by atoms with E-state index in [4.69, 9.17) is 0 Å². The Bertz CT molecular complexity index is 663. The van der Waals surface area contributed by atoms with Crippen LogP contribution in [-0.4, -0.2) is 25.5 Å². The summed E-state index contributed by atoms with van der Waals surface area (Å²) in [7, 11) is 0. The van der Waals surface area contributed by atoms with E-state index in [1.165, 1.54) is 18.3 Å². The second-order valence-electron chi connectivity index (χ2n) is 5.62. The average molecular weight is 293 g/mol. The maximum Gasteiger partial charge on any atom is 0.297 e. The van der Waals surface area contributed by atoms with Gasteiger partial charge in [-0.15, -0.1) is 5.10 Å². The molecule has 2 aromatic rings. The molecule has 7 nitrogen and oxygen atoms in total. The molecule has 1 heterocycles. The standard InChI is InChI=1S/C13H16FN5O2/c1-13(2,3)15-7-9-8-18(17-16-9)12-10(14)5-4-6-11(12)19(20)21/h4-6,8,15H,7H2,1-3H3. The SMILES string of the molecule is CC(C)(C)NCc1cn(-c2c(F)cccc2[N+](=O)[O-])nn1.